The minimum absolute atomic E-state index is 0.0506. The summed E-state index contributed by atoms with van der Waals surface area (Å²) in [6.07, 6.45) is 2.66. The van der Waals surface area contributed by atoms with Crippen LogP contribution in [0.2, 0.25) is 0 Å². The van der Waals surface area contributed by atoms with Crippen LogP contribution < -0.4 is 10.2 Å². The third-order valence-electron chi connectivity index (χ3n) is 7.19. The molecule has 8 nitrogen and oxygen atoms in total. The molecule has 0 saturated heterocycles. The van der Waals surface area contributed by atoms with Crippen LogP contribution in [0.15, 0.2) is 91.5 Å². The molecule has 1 aliphatic heterocycles. The highest BCUT2D eigenvalue weighted by Gasteiger charge is 2.31. The fourth-order valence-electron chi connectivity index (χ4n) is 5.35. The van der Waals surface area contributed by atoms with Crippen LogP contribution in [-0.2, 0) is 19.1 Å². The van der Waals surface area contributed by atoms with Gasteiger partial charge in [0.25, 0.3) is 0 Å². The number of hydrogen-bond acceptors (Lipinski definition) is 6. The average molecular weight is 539 g/mol. The van der Waals surface area contributed by atoms with Crippen molar-refractivity contribution in [2.24, 2.45) is 0 Å². The summed E-state index contributed by atoms with van der Waals surface area (Å²) in [5.41, 5.74) is 6.73. The molecule has 2 N–H and O–H groups in total. The molecule has 3 aromatic carbocycles. The van der Waals surface area contributed by atoms with E-state index in [1.807, 2.05) is 71.6 Å². The van der Waals surface area contributed by atoms with Crippen molar-refractivity contribution >= 4 is 29.3 Å². The first-order chi connectivity index (χ1) is 19.5. The summed E-state index contributed by atoms with van der Waals surface area (Å²) >= 11 is 0. The predicted octanol–water partition coefficient (Wildman–Crippen LogP) is 5.00. The number of carbonyl (C=O) groups is 3. The predicted molar refractivity (Wildman–Crippen MR) is 152 cm³/mol. The van der Waals surface area contributed by atoms with Gasteiger partial charge in [-0.2, -0.15) is 0 Å². The molecule has 0 bridgehead atoms. The number of esters is 1. The third kappa shape index (κ3) is 5.61. The van der Waals surface area contributed by atoms with Crippen molar-refractivity contribution in [3.05, 3.63) is 108 Å². The Hall–Kier alpha value is -4.85. The first-order valence-corrected chi connectivity index (χ1v) is 13.1. The van der Waals surface area contributed by atoms with Gasteiger partial charge in [-0.15, -0.1) is 0 Å². The normalized spacial score (nSPS) is 14.2. The second-order valence-electron chi connectivity index (χ2n) is 9.66. The highest BCUT2D eigenvalue weighted by Crippen LogP contribution is 2.44. The Kier molecular flexibility index (Phi) is 7.96. The average Bonchev–Trinajstić information content (AvgIpc) is 3.29. The number of amides is 1. The second-order valence-corrected chi connectivity index (χ2v) is 9.66. The van der Waals surface area contributed by atoms with Gasteiger partial charge in [0, 0.05) is 30.1 Å². The van der Waals surface area contributed by atoms with Crippen molar-refractivity contribution in [3.63, 3.8) is 0 Å². The second kappa shape index (κ2) is 11.9. The molecular weight excluding hydrogens is 508 g/mol. The number of aliphatic carboxylic acids is 1. The van der Waals surface area contributed by atoms with Crippen molar-refractivity contribution in [3.8, 4) is 11.1 Å². The molecule has 1 heterocycles. The molecule has 1 atom stereocenters. The maximum atomic E-state index is 12.8. The standard InChI is InChI=1S/C32H30N2O6/c1-2-17-39-30(35)19-34-16-15-21(22-9-7-8-14-29(22)34)18-28(31(36)37)33-32(38)40-20-27-25-12-5-3-10-23(25)24-11-4-6-13-26(24)27/h2-15,27-28H,1,16-20H2,(H,33,38)(H,36,37)/t28-/m0/s1. The highest BCUT2D eigenvalue weighted by atomic mass is 16.5. The zero-order chi connectivity index (χ0) is 28.1. The van der Waals surface area contributed by atoms with E-state index in [0.717, 1.165) is 39.1 Å². The van der Waals surface area contributed by atoms with Gasteiger partial charge >= 0.3 is 18.0 Å². The number of ether oxygens (including phenoxy) is 2. The smallest absolute Gasteiger partial charge is 0.407 e. The third-order valence-corrected chi connectivity index (χ3v) is 7.19. The number of hydrogen-bond donors (Lipinski definition) is 2. The summed E-state index contributed by atoms with van der Waals surface area (Å²) in [7, 11) is 0. The number of alkyl carbamates (subject to hydrolysis) is 1. The number of fused-ring (bicyclic) bond motifs is 4. The van der Waals surface area contributed by atoms with E-state index in [9.17, 15) is 19.5 Å². The van der Waals surface area contributed by atoms with Crippen LogP contribution in [-0.4, -0.2) is 55.5 Å². The summed E-state index contributed by atoms with van der Waals surface area (Å²) in [5, 5.41) is 12.5. The molecule has 0 aromatic heterocycles. The lowest BCUT2D eigenvalue weighted by Gasteiger charge is -2.31. The Labute approximate surface area is 232 Å². The van der Waals surface area contributed by atoms with E-state index in [2.05, 4.69) is 24.0 Å². The van der Waals surface area contributed by atoms with Crippen LogP contribution in [0.5, 0.6) is 0 Å². The molecule has 2 aliphatic rings. The van der Waals surface area contributed by atoms with Crippen LogP contribution >= 0.6 is 0 Å². The molecular formula is C32H30N2O6. The molecule has 40 heavy (non-hydrogen) atoms. The molecule has 8 heteroatoms. The number of para-hydroxylation sites is 1. The Balaban J connectivity index is 1.25. The van der Waals surface area contributed by atoms with E-state index in [4.69, 9.17) is 9.47 Å². The lowest BCUT2D eigenvalue weighted by Crippen LogP contribution is -2.42. The molecule has 0 spiro atoms. The van der Waals surface area contributed by atoms with Gasteiger partial charge in [-0.3, -0.25) is 4.79 Å². The number of rotatable bonds is 10. The number of carboxylic acids is 1. The van der Waals surface area contributed by atoms with Crippen molar-refractivity contribution in [2.45, 2.75) is 18.4 Å². The van der Waals surface area contributed by atoms with Crippen molar-refractivity contribution in [1.82, 2.24) is 5.32 Å². The molecule has 0 unspecified atom stereocenters. The lowest BCUT2D eigenvalue weighted by atomic mass is 9.93. The molecule has 1 amide bonds. The Morgan fingerprint density at radius 1 is 0.950 bits per heavy atom. The molecule has 1 aliphatic carbocycles. The molecule has 3 aromatic rings. The number of carbonyl (C=O) groups excluding carboxylic acids is 2. The van der Waals surface area contributed by atoms with Crippen LogP contribution in [0, 0.1) is 0 Å². The summed E-state index contributed by atoms with van der Waals surface area (Å²) in [5.74, 6) is -1.67. The minimum atomic E-state index is -1.20. The molecule has 5 rings (SSSR count). The van der Waals surface area contributed by atoms with Gasteiger partial charge in [-0.25, -0.2) is 9.59 Å². The van der Waals surface area contributed by atoms with Crippen LogP contribution in [0.1, 0.15) is 29.0 Å². The number of nitrogens with one attached hydrogen (secondary N) is 1. The van der Waals surface area contributed by atoms with E-state index in [1.54, 1.807) is 0 Å². The number of anilines is 1. The van der Waals surface area contributed by atoms with Crippen LogP contribution in [0.3, 0.4) is 0 Å². The van der Waals surface area contributed by atoms with Crippen molar-refractivity contribution in [1.29, 1.82) is 0 Å². The maximum absolute atomic E-state index is 12.8. The molecule has 204 valence electrons. The van der Waals surface area contributed by atoms with E-state index < -0.39 is 18.1 Å². The van der Waals surface area contributed by atoms with Gasteiger partial charge in [0.05, 0.1) is 0 Å². The quantitative estimate of drug-likeness (QED) is 0.276. The Bertz CT molecular complexity index is 1430. The lowest BCUT2D eigenvalue weighted by molar-refractivity contribution is -0.141. The maximum Gasteiger partial charge on any atom is 0.407 e. The van der Waals surface area contributed by atoms with E-state index >= 15 is 0 Å². The van der Waals surface area contributed by atoms with E-state index in [0.29, 0.717) is 6.54 Å². The first-order valence-electron chi connectivity index (χ1n) is 13.1. The minimum Gasteiger partial charge on any atom is -0.480 e. The molecule has 0 saturated carbocycles. The first kappa shape index (κ1) is 26.7. The topological polar surface area (TPSA) is 105 Å². The molecule has 0 fully saturated rings. The summed E-state index contributed by atoms with van der Waals surface area (Å²) in [6.45, 7) is 4.22. The summed E-state index contributed by atoms with van der Waals surface area (Å²) < 4.78 is 10.7. The number of benzene rings is 3. The fraction of sp³-hybridized carbons (Fsp3) is 0.219. The summed E-state index contributed by atoms with van der Waals surface area (Å²) in [6, 6.07) is 22.3. The van der Waals surface area contributed by atoms with E-state index in [-0.39, 0.29) is 38.1 Å². The monoisotopic (exact) mass is 538 g/mol. The Morgan fingerprint density at radius 3 is 2.23 bits per heavy atom. The summed E-state index contributed by atoms with van der Waals surface area (Å²) in [4.78, 5) is 39.0. The molecule has 0 radical (unpaired) electrons. The van der Waals surface area contributed by atoms with Crippen LogP contribution in [0.4, 0.5) is 10.5 Å². The van der Waals surface area contributed by atoms with E-state index in [1.165, 1.54) is 6.08 Å². The van der Waals surface area contributed by atoms with Gasteiger partial charge < -0.3 is 24.8 Å². The van der Waals surface area contributed by atoms with Gasteiger partial charge in [-0.05, 0) is 33.9 Å². The van der Waals surface area contributed by atoms with Crippen molar-refractivity contribution < 1.29 is 29.0 Å². The van der Waals surface area contributed by atoms with Gasteiger partial charge in [0.2, 0.25) is 0 Å². The van der Waals surface area contributed by atoms with Gasteiger partial charge in [-0.1, -0.05) is 85.5 Å². The SMILES string of the molecule is C=CCOC(=O)CN1CC=C(C[C@H](NC(=O)OCC2c3ccccc3-c3ccccc32)C(=O)O)c2ccccc21. The largest absolute Gasteiger partial charge is 0.480 e. The zero-order valence-electron chi connectivity index (χ0n) is 21.9. The van der Waals surface area contributed by atoms with Gasteiger partial charge in [0.1, 0.15) is 25.8 Å². The number of carboxylic acid groups (broad SMARTS) is 1. The van der Waals surface area contributed by atoms with Gasteiger partial charge in [0.15, 0.2) is 0 Å². The van der Waals surface area contributed by atoms with Crippen LogP contribution in [0.25, 0.3) is 16.7 Å². The van der Waals surface area contributed by atoms with Crippen molar-refractivity contribution in [2.75, 3.05) is 31.2 Å². The number of nitrogens with zero attached hydrogens (tertiary/aromatic N) is 1. The fourth-order valence-corrected chi connectivity index (χ4v) is 5.35. The zero-order valence-corrected chi connectivity index (χ0v) is 21.9. The highest BCUT2D eigenvalue weighted by molar-refractivity contribution is 5.88. The Morgan fingerprint density at radius 2 is 1.57 bits per heavy atom.